The predicted octanol–water partition coefficient (Wildman–Crippen LogP) is 0.794. The van der Waals surface area contributed by atoms with Gasteiger partial charge in [-0.25, -0.2) is 0 Å². The number of carbonyl (C=O) groups is 2. The minimum Gasteiger partial charge on any atom is -0.480 e. The first-order chi connectivity index (χ1) is 8.06. The average molecular weight is 242 g/mol. The number of unbranched alkanes of at least 4 members (excludes halogenated alkanes) is 1. The molecule has 5 nitrogen and oxygen atoms in total. The molecule has 1 N–H and O–H groups in total. The minimum absolute atomic E-state index is 0.203. The van der Waals surface area contributed by atoms with Crippen molar-refractivity contribution in [3.63, 3.8) is 0 Å². The zero-order chi connectivity index (χ0) is 12.8. The van der Waals surface area contributed by atoms with E-state index in [2.05, 4.69) is 6.92 Å². The van der Waals surface area contributed by atoms with Crippen LogP contribution in [0.15, 0.2) is 0 Å². The van der Waals surface area contributed by atoms with Crippen LogP contribution in [0.25, 0.3) is 0 Å². The quantitative estimate of drug-likeness (QED) is 0.774. The van der Waals surface area contributed by atoms with Crippen LogP contribution in [0, 0.1) is 0 Å². The second-order valence-electron chi connectivity index (χ2n) is 4.53. The number of nitrogens with zero attached hydrogens (tertiary/aromatic N) is 2. The van der Waals surface area contributed by atoms with Crippen LogP contribution < -0.4 is 0 Å². The molecule has 0 saturated carbocycles. The molecule has 1 aliphatic heterocycles. The van der Waals surface area contributed by atoms with E-state index in [9.17, 15) is 9.59 Å². The van der Waals surface area contributed by atoms with Gasteiger partial charge in [0, 0.05) is 32.6 Å². The Hall–Kier alpha value is -1.10. The molecule has 0 aromatic carbocycles. The fourth-order valence-electron chi connectivity index (χ4n) is 2.00. The van der Waals surface area contributed by atoms with Crippen molar-refractivity contribution >= 4 is 11.9 Å². The summed E-state index contributed by atoms with van der Waals surface area (Å²) >= 11 is 0. The van der Waals surface area contributed by atoms with E-state index in [1.54, 1.807) is 6.92 Å². The molecule has 1 heterocycles. The summed E-state index contributed by atoms with van der Waals surface area (Å²) in [5.74, 6) is -0.592. The largest absolute Gasteiger partial charge is 0.480 e. The van der Waals surface area contributed by atoms with Gasteiger partial charge in [0.05, 0.1) is 0 Å². The van der Waals surface area contributed by atoms with Crippen LogP contribution in [-0.2, 0) is 9.59 Å². The first-order valence-electron chi connectivity index (χ1n) is 6.31. The first kappa shape index (κ1) is 14.0. The van der Waals surface area contributed by atoms with Crippen molar-refractivity contribution in [1.82, 2.24) is 9.80 Å². The Morgan fingerprint density at radius 2 is 1.82 bits per heavy atom. The van der Waals surface area contributed by atoms with Gasteiger partial charge in [-0.05, 0) is 13.3 Å². The number of amides is 1. The van der Waals surface area contributed by atoms with Crippen LogP contribution in [0.3, 0.4) is 0 Å². The van der Waals surface area contributed by atoms with E-state index in [1.165, 1.54) is 0 Å². The lowest BCUT2D eigenvalue weighted by molar-refractivity contribution is -0.144. The fraction of sp³-hybridized carbons (Fsp3) is 0.833. The van der Waals surface area contributed by atoms with E-state index in [0.717, 1.165) is 12.8 Å². The van der Waals surface area contributed by atoms with Crippen molar-refractivity contribution in [2.24, 2.45) is 0 Å². The maximum Gasteiger partial charge on any atom is 0.320 e. The van der Waals surface area contributed by atoms with E-state index in [1.807, 2.05) is 9.80 Å². The molecule has 1 unspecified atom stereocenters. The Kier molecular flexibility index (Phi) is 5.41. The summed E-state index contributed by atoms with van der Waals surface area (Å²) in [6, 6.07) is -0.456. The number of aliphatic carboxylic acids is 1. The van der Waals surface area contributed by atoms with Crippen molar-refractivity contribution in [3.05, 3.63) is 0 Å². The molecule has 0 aliphatic carbocycles. The van der Waals surface area contributed by atoms with Crippen LogP contribution in [0.1, 0.15) is 33.1 Å². The molecule has 1 saturated heterocycles. The molecule has 1 aliphatic rings. The Morgan fingerprint density at radius 3 is 2.29 bits per heavy atom. The van der Waals surface area contributed by atoms with E-state index in [4.69, 9.17) is 5.11 Å². The van der Waals surface area contributed by atoms with Gasteiger partial charge in [0.25, 0.3) is 0 Å². The Morgan fingerprint density at radius 1 is 1.24 bits per heavy atom. The van der Waals surface area contributed by atoms with E-state index < -0.39 is 12.0 Å². The van der Waals surface area contributed by atoms with Crippen molar-refractivity contribution in [3.8, 4) is 0 Å². The van der Waals surface area contributed by atoms with Gasteiger partial charge in [0.15, 0.2) is 0 Å². The number of rotatable bonds is 5. The molecule has 0 bridgehead atoms. The first-order valence-corrected chi connectivity index (χ1v) is 6.31. The summed E-state index contributed by atoms with van der Waals surface area (Å²) in [5.41, 5.74) is 0. The van der Waals surface area contributed by atoms with Gasteiger partial charge in [-0.3, -0.25) is 14.5 Å². The summed E-state index contributed by atoms with van der Waals surface area (Å²) in [5, 5.41) is 8.90. The van der Waals surface area contributed by atoms with Gasteiger partial charge in [0.2, 0.25) is 5.91 Å². The van der Waals surface area contributed by atoms with E-state index in [-0.39, 0.29) is 5.91 Å². The SMILES string of the molecule is CCCCC(=O)N1CCN(C(C)C(=O)O)CC1. The van der Waals surface area contributed by atoms with Gasteiger partial charge in [-0.15, -0.1) is 0 Å². The predicted molar refractivity (Wildman–Crippen MR) is 64.8 cm³/mol. The highest BCUT2D eigenvalue weighted by atomic mass is 16.4. The summed E-state index contributed by atoms with van der Waals surface area (Å²) in [7, 11) is 0. The van der Waals surface area contributed by atoms with E-state index in [0.29, 0.717) is 32.6 Å². The molecule has 1 atom stereocenters. The molecule has 0 aromatic rings. The summed E-state index contributed by atoms with van der Waals surface area (Å²) < 4.78 is 0. The molecule has 1 rings (SSSR count). The Balaban J connectivity index is 2.35. The molecular weight excluding hydrogens is 220 g/mol. The third kappa shape index (κ3) is 4.00. The summed E-state index contributed by atoms with van der Waals surface area (Å²) in [6.07, 6.45) is 2.58. The lowest BCUT2D eigenvalue weighted by Crippen LogP contribution is -2.53. The topological polar surface area (TPSA) is 60.9 Å². The van der Waals surface area contributed by atoms with Gasteiger partial charge in [-0.2, -0.15) is 0 Å². The lowest BCUT2D eigenvalue weighted by atomic mass is 10.2. The van der Waals surface area contributed by atoms with Crippen LogP contribution >= 0.6 is 0 Å². The smallest absolute Gasteiger partial charge is 0.320 e. The Labute approximate surface area is 102 Å². The normalized spacial score (nSPS) is 19.1. The fourth-order valence-corrected chi connectivity index (χ4v) is 2.00. The monoisotopic (exact) mass is 242 g/mol. The zero-order valence-electron chi connectivity index (χ0n) is 10.7. The molecule has 1 amide bonds. The molecule has 5 heteroatoms. The minimum atomic E-state index is -0.796. The number of hydrogen-bond donors (Lipinski definition) is 1. The summed E-state index contributed by atoms with van der Waals surface area (Å²) in [6.45, 7) is 6.38. The number of carboxylic acid groups (broad SMARTS) is 1. The van der Waals surface area contributed by atoms with Crippen LogP contribution in [0.5, 0.6) is 0 Å². The molecule has 0 spiro atoms. The number of hydrogen-bond acceptors (Lipinski definition) is 3. The maximum atomic E-state index is 11.8. The lowest BCUT2D eigenvalue weighted by Gasteiger charge is -2.36. The average Bonchev–Trinajstić information content (AvgIpc) is 2.35. The van der Waals surface area contributed by atoms with Crippen molar-refractivity contribution in [2.75, 3.05) is 26.2 Å². The van der Waals surface area contributed by atoms with Crippen molar-refractivity contribution in [1.29, 1.82) is 0 Å². The zero-order valence-corrected chi connectivity index (χ0v) is 10.7. The number of piperazine rings is 1. The van der Waals surface area contributed by atoms with Gasteiger partial charge in [-0.1, -0.05) is 13.3 Å². The highest BCUT2D eigenvalue weighted by molar-refractivity contribution is 5.76. The van der Waals surface area contributed by atoms with Crippen LogP contribution in [0.2, 0.25) is 0 Å². The molecule has 0 aromatic heterocycles. The molecule has 98 valence electrons. The highest BCUT2D eigenvalue weighted by Crippen LogP contribution is 2.09. The number of carbonyl (C=O) groups excluding carboxylic acids is 1. The van der Waals surface area contributed by atoms with Crippen molar-refractivity contribution in [2.45, 2.75) is 39.2 Å². The van der Waals surface area contributed by atoms with Crippen molar-refractivity contribution < 1.29 is 14.7 Å². The van der Waals surface area contributed by atoms with E-state index >= 15 is 0 Å². The van der Waals surface area contributed by atoms with Gasteiger partial charge >= 0.3 is 5.97 Å². The summed E-state index contributed by atoms with van der Waals surface area (Å²) in [4.78, 5) is 26.3. The third-order valence-electron chi connectivity index (χ3n) is 3.32. The van der Waals surface area contributed by atoms with Gasteiger partial charge in [0.1, 0.15) is 6.04 Å². The molecule has 0 radical (unpaired) electrons. The van der Waals surface area contributed by atoms with Gasteiger partial charge < -0.3 is 10.0 Å². The standard InChI is InChI=1S/C12H22N2O3/c1-3-4-5-11(15)14-8-6-13(7-9-14)10(2)12(16)17/h10H,3-9H2,1-2H3,(H,16,17). The number of carboxylic acids is 1. The molecule has 1 fully saturated rings. The highest BCUT2D eigenvalue weighted by Gasteiger charge is 2.26. The van der Waals surface area contributed by atoms with Crippen LogP contribution in [0.4, 0.5) is 0 Å². The maximum absolute atomic E-state index is 11.8. The molecule has 17 heavy (non-hydrogen) atoms. The van der Waals surface area contributed by atoms with Crippen LogP contribution in [-0.4, -0.2) is 59.0 Å². The molecular formula is C12H22N2O3. The Bertz CT molecular complexity index is 273. The third-order valence-corrected chi connectivity index (χ3v) is 3.32. The second kappa shape index (κ2) is 6.59. The second-order valence-corrected chi connectivity index (χ2v) is 4.53.